The molecule has 0 aliphatic heterocycles. The van der Waals surface area contributed by atoms with Crippen LogP contribution in [-0.4, -0.2) is 29.5 Å². The second kappa shape index (κ2) is 9.37. The van der Waals surface area contributed by atoms with Crippen LogP contribution < -0.4 is 10.6 Å². The highest BCUT2D eigenvalue weighted by atomic mass is 19.4. The molecule has 2 heterocycles. The van der Waals surface area contributed by atoms with Crippen LogP contribution in [0.1, 0.15) is 26.5 Å². The van der Waals surface area contributed by atoms with Gasteiger partial charge in [0.15, 0.2) is 5.76 Å². The van der Waals surface area contributed by atoms with Gasteiger partial charge in [-0.3, -0.25) is 9.59 Å². The molecule has 2 aromatic carbocycles. The lowest BCUT2D eigenvalue weighted by atomic mass is 10.1. The van der Waals surface area contributed by atoms with Crippen LogP contribution in [0.15, 0.2) is 71.5 Å². The molecule has 0 fully saturated rings. The highest BCUT2D eigenvalue weighted by Gasteiger charge is 2.34. The van der Waals surface area contributed by atoms with Crippen LogP contribution in [0.2, 0.25) is 0 Å². The lowest BCUT2D eigenvalue weighted by molar-refractivity contribution is -0.136. The summed E-state index contributed by atoms with van der Waals surface area (Å²) in [4.78, 5) is 36.8. The van der Waals surface area contributed by atoms with Crippen molar-refractivity contribution in [3.63, 3.8) is 0 Å². The van der Waals surface area contributed by atoms with Crippen LogP contribution in [0.4, 0.5) is 24.5 Å². The van der Waals surface area contributed by atoms with Crippen LogP contribution in [0.25, 0.3) is 10.9 Å². The van der Waals surface area contributed by atoms with E-state index in [1.165, 1.54) is 42.3 Å². The number of fused-ring (bicyclic) bond motifs is 1. The van der Waals surface area contributed by atoms with Crippen LogP contribution in [0.3, 0.4) is 0 Å². The normalized spacial score (nSPS) is 11.3. The summed E-state index contributed by atoms with van der Waals surface area (Å²) in [5.74, 6) is -2.14. The van der Waals surface area contributed by atoms with Gasteiger partial charge in [-0.25, -0.2) is 4.79 Å². The molecular weight excluding hydrogens is 467 g/mol. The number of aromatic nitrogens is 1. The first-order valence-electron chi connectivity index (χ1n) is 10.2. The maximum absolute atomic E-state index is 13.7. The van der Waals surface area contributed by atoms with E-state index in [9.17, 15) is 27.6 Å². The van der Waals surface area contributed by atoms with Crippen molar-refractivity contribution in [1.82, 2.24) is 4.57 Å². The van der Waals surface area contributed by atoms with E-state index >= 15 is 0 Å². The van der Waals surface area contributed by atoms with Gasteiger partial charge in [0.1, 0.15) is 6.54 Å². The van der Waals surface area contributed by atoms with Crippen molar-refractivity contribution in [2.75, 3.05) is 17.7 Å². The number of rotatable bonds is 6. The Labute approximate surface area is 196 Å². The first kappa shape index (κ1) is 23.6. The van der Waals surface area contributed by atoms with Crippen molar-refractivity contribution < 1.29 is 36.7 Å². The number of alkyl halides is 3. The Balaban J connectivity index is 1.57. The van der Waals surface area contributed by atoms with Crippen LogP contribution in [-0.2, 0) is 22.3 Å². The van der Waals surface area contributed by atoms with E-state index in [4.69, 9.17) is 9.15 Å². The highest BCUT2D eigenvalue weighted by Crippen LogP contribution is 2.37. The number of methoxy groups -OCH3 is 1. The maximum Gasteiger partial charge on any atom is 0.418 e. The van der Waals surface area contributed by atoms with Crippen molar-refractivity contribution in [1.29, 1.82) is 0 Å². The van der Waals surface area contributed by atoms with Crippen molar-refractivity contribution in [2.24, 2.45) is 0 Å². The minimum absolute atomic E-state index is 0.0683. The summed E-state index contributed by atoms with van der Waals surface area (Å²) in [5.41, 5.74) is -0.992. The van der Waals surface area contributed by atoms with Gasteiger partial charge in [0.05, 0.1) is 30.2 Å². The second-order valence-electron chi connectivity index (χ2n) is 7.42. The van der Waals surface area contributed by atoms with Crippen molar-refractivity contribution in [3.8, 4) is 0 Å². The number of carbonyl (C=O) groups excluding carboxylic acids is 3. The van der Waals surface area contributed by atoms with E-state index in [1.54, 1.807) is 24.3 Å². The van der Waals surface area contributed by atoms with Crippen molar-refractivity contribution in [2.45, 2.75) is 12.7 Å². The SMILES string of the molecule is COC(=O)c1cn(CC(=O)Nc2ccc(NC(=O)c3ccco3)cc2C(F)(F)F)c2ccccc12. The van der Waals surface area contributed by atoms with Crippen LogP contribution in [0.5, 0.6) is 0 Å². The molecule has 0 bridgehead atoms. The molecule has 35 heavy (non-hydrogen) atoms. The van der Waals surface area contributed by atoms with Crippen molar-refractivity contribution in [3.05, 3.63) is 83.9 Å². The number of benzene rings is 2. The third-order valence-corrected chi connectivity index (χ3v) is 5.11. The number of amides is 2. The predicted molar refractivity (Wildman–Crippen MR) is 120 cm³/mol. The molecule has 11 heteroatoms. The molecule has 0 saturated heterocycles. The Morgan fingerprint density at radius 3 is 2.49 bits per heavy atom. The Morgan fingerprint density at radius 2 is 1.80 bits per heavy atom. The molecule has 4 aromatic rings. The Morgan fingerprint density at radius 1 is 1.03 bits per heavy atom. The van der Waals surface area contributed by atoms with Gasteiger partial charge < -0.3 is 24.4 Å². The topological polar surface area (TPSA) is 103 Å². The van der Waals surface area contributed by atoms with Gasteiger partial charge in [0.25, 0.3) is 5.91 Å². The molecule has 0 aliphatic rings. The fourth-order valence-corrected chi connectivity index (χ4v) is 3.56. The summed E-state index contributed by atoms with van der Waals surface area (Å²) in [6.07, 6.45) is -2.14. The second-order valence-corrected chi connectivity index (χ2v) is 7.42. The van der Waals surface area contributed by atoms with Crippen LogP contribution >= 0.6 is 0 Å². The first-order chi connectivity index (χ1) is 16.7. The largest absolute Gasteiger partial charge is 0.465 e. The summed E-state index contributed by atoms with van der Waals surface area (Å²) in [5, 5.41) is 5.13. The first-order valence-corrected chi connectivity index (χ1v) is 10.2. The lowest BCUT2D eigenvalue weighted by Gasteiger charge is -2.16. The zero-order valence-electron chi connectivity index (χ0n) is 18.2. The highest BCUT2D eigenvalue weighted by molar-refractivity contribution is 6.05. The van der Waals surface area contributed by atoms with Gasteiger partial charge in [-0.05, 0) is 36.4 Å². The number of hydrogen-bond donors (Lipinski definition) is 2. The summed E-state index contributed by atoms with van der Waals surface area (Å²) in [6, 6.07) is 12.6. The molecule has 4 rings (SSSR count). The molecule has 8 nitrogen and oxygen atoms in total. The molecule has 2 amide bonds. The lowest BCUT2D eigenvalue weighted by Crippen LogP contribution is -2.21. The van der Waals surface area contributed by atoms with E-state index in [0.29, 0.717) is 10.9 Å². The average Bonchev–Trinajstić information content (AvgIpc) is 3.48. The van der Waals surface area contributed by atoms with Gasteiger partial charge in [0.2, 0.25) is 5.91 Å². The fraction of sp³-hybridized carbons (Fsp3) is 0.125. The number of carbonyl (C=O) groups is 3. The van der Waals surface area contributed by atoms with Gasteiger partial charge in [0, 0.05) is 22.8 Å². The van der Waals surface area contributed by atoms with Gasteiger partial charge >= 0.3 is 12.1 Å². The number of ether oxygens (including phenoxy) is 1. The van der Waals surface area contributed by atoms with Gasteiger partial charge in [-0.2, -0.15) is 13.2 Å². The van der Waals surface area contributed by atoms with E-state index < -0.39 is 35.2 Å². The number of furan rings is 1. The Kier molecular flexibility index (Phi) is 6.32. The standard InChI is InChI=1S/C24H18F3N3O5/c1-34-23(33)16-12-30(19-6-3-2-5-15(16)19)13-21(31)29-18-9-8-14(11-17(18)24(25,26)27)28-22(32)20-7-4-10-35-20/h2-12H,13H2,1H3,(H,28,32)(H,29,31). The molecule has 0 saturated carbocycles. The summed E-state index contributed by atoms with van der Waals surface area (Å²) in [6.45, 7) is -0.355. The van der Waals surface area contributed by atoms with E-state index in [2.05, 4.69) is 10.6 Å². The zero-order chi connectivity index (χ0) is 25.2. The summed E-state index contributed by atoms with van der Waals surface area (Å²) >= 11 is 0. The number of nitrogens with zero attached hydrogens (tertiary/aromatic N) is 1. The molecule has 0 radical (unpaired) electrons. The third-order valence-electron chi connectivity index (χ3n) is 5.11. The quantitative estimate of drug-likeness (QED) is 0.377. The Bertz CT molecular complexity index is 1410. The molecule has 180 valence electrons. The fourth-order valence-electron chi connectivity index (χ4n) is 3.56. The molecular formula is C24H18F3N3O5. The van der Waals surface area contributed by atoms with E-state index in [1.807, 2.05) is 0 Å². The minimum Gasteiger partial charge on any atom is -0.465 e. The minimum atomic E-state index is -4.81. The summed E-state index contributed by atoms with van der Waals surface area (Å²) in [7, 11) is 1.22. The maximum atomic E-state index is 13.7. The molecule has 0 unspecified atom stereocenters. The molecule has 0 aliphatic carbocycles. The number of halogens is 3. The average molecular weight is 485 g/mol. The summed E-state index contributed by atoms with van der Waals surface area (Å²) < 4.78 is 52.3. The molecule has 2 N–H and O–H groups in total. The van der Waals surface area contributed by atoms with Crippen molar-refractivity contribution >= 4 is 40.1 Å². The van der Waals surface area contributed by atoms with Gasteiger partial charge in [-0.1, -0.05) is 18.2 Å². The number of esters is 1. The van der Waals surface area contributed by atoms with Crippen LogP contribution in [0, 0.1) is 0 Å². The number of hydrogen-bond acceptors (Lipinski definition) is 5. The van der Waals surface area contributed by atoms with E-state index in [-0.39, 0.29) is 23.6 Å². The molecule has 2 aromatic heterocycles. The monoisotopic (exact) mass is 485 g/mol. The smallest absolute Gasteiger partial charge is 0.418 e. The predicted octanol–water partition coefficient (Wildman–Crippen LogP) is 4.93. The molecule has 0 atom stereocenters. The van der Waals surface area contributed by atoms with E-state index in [0.717, 1.165) is 12.1 Å². The third kappa shape index (κ3) is 5.03. The number of anilines is 2. The molecule has 0 spiro atoms. The number of para-hydroxylation sites is 1. The Hall–Kier alpha value is -4.54. The van der Waals surface area contributed by atoms with Gasteiger partial charge in [-0.15, -0.1) is 0 Å². The number of nitrogens with one attached hydrogen (secondary N) is 2. The zero-order valence-corrected chi connectivity index (χ0v) is 18.2.